The van der Waals surface area contributed by atoms with Crippen molar-refractivity contribution in [2.45, 2.75) is 6.42 Å². The molecule has 110 valence electrons. The smallest absolute Gasteiger partial charge is 0.342 e. The number of anilines is 1. The van der Waals surface area contributed by atoms with E-state index in [0.29, 0.717) is 12.2 Å². The summed E-state index contributed by atoms with van der Waals surface area (Å²) in [4.78, 5) is 21.0. The van der Waals surface area contributed by atoms with E-state index in [0.717, 1.165) is 17.9 Å². The molecule has 3 N–H and O–H groups in total. The average Bonchev–Trinajstić information content (AvgIpc) is 2.42. The molecule has 0 saturated heterocycles. The van der Waals surface area contributed by atoms with E-state index in [2.05, 4.69) is 5.32 Å². The Kier molecular flexibility index (Phi) is 6.82. The van der Waals surface area contributed by atoms with Gasteiger partial charge in [0.25, 0.3) is 5.69 Å². The number of rotatable bonds is 9. The van der Waals surface area contributed by atoms with Crippen molar-refractivity contribution in [2.24, 2.45) is 0 Å². The van der Waals surface area contributed by atoms with Crippen LogP contribution in [0.2, 0.25) is 0 Å². The summed E-state index contributed by atoms with van der Waals surface area (Å²) in [5.74, 6) is 0.341. The first-order valence-corrected chi connectivity index (χ1v) is 7.16. The number of nitro benzene ring substituents is 1. The summed E-state index contributed by atoms with van der Waals surface area (Å²) in [6.07, 6.45) is 0.740. The summed E-state index contributed by atoms with van der Waals surface area (Å²) in [7, 11) is 0. The minimum atomic E-state index is -1.32. The van der Waals surface area contributed by atoms with Gasteiger partial charge >= 0.3 is 5.97 Å². The Morgan fingerprint density at radius 2 is 2.15 bits per heavy atom. The van der Waals surface area contributed by atoms with Gasteiger partial charge in [0.15, 0.2) is 0 Å². The van der Waals surface area contributed by atoms with Crippen LogP contribution in [0.4, 0.5) is 11.4 Å². The van der Waals surface area contributed by atoms with Gasteiger partial charge in [0.2, 0.25) is 0 Å². The topological polar surface area (TPSA) is 113 Å². The number of aliphatic hydroxyl groups excluding tert-OH is 1. The van der Waals surface area contributed by atoms with Crippen molar-refractivity contribution >= 4 is 29.1 Å². The van der Waals surface area contributed by atoms with Gasteiger partial charge < -0.3 is 15.5 Å². The van der Waals surface area contributed by atoms with Crippen molar-refractivity contribution < 1.29 is 19.9 Å². The Morgan fingerprint density at radius 3 is 2.75 bits per heavy atom. The summed E-state index contributed by atoms with van der Waals surface area (Å²) in [5, 5.41) is 31.3. The molecule has 7 nitrogen and oxygen atoms in total. The molecule has 0 spiro atoms. The van der Waals surface area contributed by atoms with Gasteiger partial charge in [0, 0.05) is 30.7 Å². The Labute approximate surface area is 120 Å². The molecule has 0 atom stereocenters. The molecule has 0 radical (unpaired) electrons. The van der Waals surface area contributed by atoms with Gasteiger partial charge in [-0.05, 0) is 24.3 Å². The van der Waals surface area contributed by atoms with Gasteiger partial charge in [0.05, 0.1) is 4.92 Å². The standard InChI is InChI=1S/C12H16N2O5S/c15-5-1-6-20-7-4-13-9-2-3-10(12(16)17)11(8-9)14(18)19/h2-3,8,13,15H,1,4-7H2,(H,16,17). The van der Waals surface area contributed by atoms with Crippen LogP contribution in [0, 0.1) is 10.1 Å². The van der Waals surface area contributed by atoms with Gasteiger partial charge in [-0.3, -0.25) is 10.1 Å². The van der Waals surface area contributed by atoms with Crippen LogP contribution in [0.1, 0.15) is 16.8 Å². The number of hydrogen-bond donors (Lipinski definition) is 3. The van der Waals surface area contributed by atoms with E-state index in [1.165, 1.54) is 18.2 Å². The first kappa shape index (κ1) is 16.3. The fourth-order valence-electron chi connectivity index (χ4n) is 1.51. The number of hydrogen-bond acceptors (Lipinski definition) is 6. The number of carboxylic acid groups (broad SMARTS) is 1. The lowest BCUT2D eigenvalue weighted by Crippen LogP contribution is -2.07. The molecule has 0 saturated carbocycles. The molecular formula is C12H16N2O5S. The van der Waals surface area contributed by atoms with Crippen LogP contribution >= 0.6 is 11.8 Å². The molecule has 0 aliphatic rings. The number of thioether (sulfide) groups is 1. The molecular weight excluding hydrogens is 284 g/mol. The van der Waals surface area contributed by atoms with Crippen LogP contribution in [0.25, 0.3) is 0 Å². The molecule has 0 bridgehead atoms. The fraction of sp³-hybridized carbons (Fsp3) is 0.417. The maximum absolute atomic E-state index is 10.8. The molecule has 0 aliphatic heterocycles. The molecule has 1 aromatic carbocycles. The van der Waals surface area contributed by atoms with Crippen molar-refractivity contribution in [2.75, 3.05) is 30.0 Å². The Balaban J connectivity index is 2.57. The minimum Gasteiger partial charge on any atom is -0.477 e. The van der Waals surface area contributed by atoms with E-state index < -0.39 is 16.6 Å². The largest absolute Gasteiger partial charge is 0.477 e. The van der Waals surface area contributed by atoms with E-state index in [9.17, 15) is 14.9 Å². The van der Waals surface area contributed by atoms with Crippen LogP contribution in [0.5, 0.6) is 0 Å². The molecule has 0 amide bonds. The molecule has 0 fully saturated rings. The van der Waals surface area contributed by atoms with Gasteiger partial charge in [-0.25, -0.2) is 4.79 Å². The lowest BCUT2D eigenvalue weighted by atomic mass is 10.1. The quantitative estimate of drug-likeness (QED) is 0.362. The van der Waals surface area contributed by atoms with Crippen LogP contribution < -0.4 is 5.32 Å². The van der Waals surface area contributed by atoms with Gasteiger partial charge in [-0.1, -0.05) is 0 Å². The Bertz CT molecular complexity index is 481. The van der Waals surface area contributed by atoms with E-state index in [4.69, 9.17) is 10.2 Å². The predicted molar refractivity (Wildman–Crippen MR) is 77.6 cm³/mol. The minimum absolute atomic E-state index is 0.170. The molecule has 1 aromatic rings. The number of aliphatic hydroxyl groups is 1. The normalized spacial score (nSPS) is 10.2. The van der Waals surface area contributed by atoms with E-state index in [1.807, 2.05) is 0 Å². The highest BCUT2D eigenvalue weighted by atomic mass is 32.2. The molecule has 1 rings (SSSR count). The molecule has 8 heteroatoms. The fourth-order valence-corrected chi connectivity index (χ4v) is 2.29. The summed E-state index contributed by atoms with van der Waals surface area (Å²) >= 11 is 1.67. The summed E-state index contributed by atoms with van der Waals surface area (Å²) in [5.41, 5.74) is -0.224. The highest BCUT2D eigenvalue weighted by molar-refractivity contribution is 7.99. The zero-order chi connectivity index (χ0) is 15.0. The number of benzene rings is 1. The highest BCUT2D eigenvalue weighted by Crippen LogP contribution is 2.23. The highest BCUT2D eigenvalue weighted by Gasteiger charge is 2.19. The average molecular weight is 300 g/mol. The number of carboxylic acids is 1. The predicted octanol–water partition coefficient (Wildman–Crippen LogP) is 1.82. The molecule has 0 aromatic heterocycles. The van der Waals surface area contributed by atoms with Gasteiger partial charge in [-0.2, -0.15) is 11.8 Å². The second kappa shape index (κ2) is 8.39. The molecule has 0 aliphatic carbocycles. The Hall–Kier alpha value is -1.80. The summed E-state index contributed by atoms with van der Waals surface area (Å²) in [6, 6.07) is 3.96. The first-order chi connectivity index (χ1) is 9.56. The molecule has 0 heterocycles. The van der Waals surface area contributed by atoms with Gasteiger partial charge in [-0.15, -0.1) is 0 Å². The first-order valence-electron chi connectivity index (χ1n) is 6.00. The number of aromatic carboxylic acids is 1. The monoisotopic (exact) mass is 300 g/mol. The van der Waals surface area contributed by atoms with E-state index >= 15 is 0 Å². The molecule has 20 heavy (non-hydrogen) atoms. The molecule has 0 unspecified atom stereocenters. The van der Waals surface area contributed by atoms with Crippen molar-refractivity contribution in [1.29, 1.82) is 0 Å². The van der Waals surface area contributed by atoms with Crippen LogP contribution in [0.3, 0.4) is 0 Å². The zero-order valence-corrected chi connectivity index (χ0v) is 11.6. The van der Waals surface area contributed by atoms with E-state index in [1.54, 1.807) is 11.8 Å². The number of nitro groups is 1. The number of nitrogens with one attached hydrogen (secondary N) is 1. The number of nitrogens with zero attached hydrogens (tertiary/aromatic N) is 1. The number of carbonyl (C=O) groups is 1. The van der Waals surface area contributed by atoms with Crippen molar-refractivity contribution in [3.63, 3.8) is 0 Å². The Morgan fingerprint density at radius 1 is 1.40 bits per heavy atom. The SMILES string of the molecule is O=C(O)c1ccc(NCCSCCCO)cc1[N+](=O)[O-]. The van der Waals surface area contributed by atoms with Gasteiger partial charge in [0.1, 0.15) is 5.56 Å². The summed E-state index contributed by atoms with van der Waals surface area (Å²) < 4.78 is 0. The van der Waals surface area contributed by atoms with Crippen molar-refractivity contribution in [3.05, 3.63) is 33.9 Å². The third-order valence-corrected chi connectivity index (χ3v) is 3.52. The van der Waals surface area contributed by atoms with E-state index in [-0.39, 0.29) is 12.2 Å². The van der Waals surface area contributed by atoms with Crippen molar-refractivity contribution in [3.8, 4) is 0 Å². The summed E-state index contributed by atoms with van der Waals surface area (Å²) in [6.45, 7) is 0.781. The maximum atomic E-state index is 10.8. The lowest BCUT2D eigenvalue weighted by molar-refractivity contribution is -0.385. The zero-order valence-electron chi connectivity index (χ0n) is 10.7. The van der Waals surface area contributed by atoms with Crippen LogP contribution in [0.15, 0.2) is 18.2 Å². The van der Waals surface area contributed by atoms with Crippen LogP contribution in [-0.2, 0) is 0 Å². The van der Waals surface area contributed by atoms with Crippen LogP contribution in [-0.4, -0.2) is 45.8 Å². The second-order valence-electron chi connectivity index (χ2n) is 3.91. The second-order valence-corrected chi connectivity index (χ2v) is 5.14. The van der Waals surface area contributed by atoms with Crippen molar-refractivity contribution in [1.82, 2.24) is 0 Å². The third kappa shape index (κ3) is 5.06. The maximum Gasteiger partial charge on any atom is 0.342 e. The third-order valence-electron chi connectivity index (χ3n) is 2.45. The lowest BCUT2D eigenvalue weighted by Gasteiger charge is -2.07.